The van der Waals surface area contributed by atoms with Gasteiger partial charge in [-0.15, -0.1) is 0 Å². The standard InChI is InChI=1S/C20H17N3O5/c1-12-6-5-7-13(10-12)23-17(25)11-16(24)18(22-23)19(26)21-15-9-4-3-8-14(15)20(27)28-2/h3-11,24H,1-2H3,(H,21,26). The minimum atomic E-state index is -0.782. The Hall–Kier alpha value is -3.94. The van der Waals surface area contributed by atoms with Crippen molar-refractivity contribution in [3.8, 4) is 11.4 Å². The van der Waals surface area contributed by atoms with Crippen molar-refractivity contribution in [1.82, 2.24) is 9.78 Å². The highest BCUT2D eigenvalue weighted by Crippen LogP contribution is 2.19. The normalized spacial score (nSPS) is 10.4. The van der Waals surface area contributed by atoms with E-state index in [2.05, 4.69) is 10.4 Å². The number of hydrogen-bond donors (Lipinski definition) is 2. The smallest absolute Gasteiger partial charge is 0.339 e. The van der Waals surface area contributed by atoms with Crippen LogP contribution in [0.25, 0.3) is 5.69 Å². The van der Waals surface area contributed by atoms with E-state index >= 15 is 0 Å². The molecule has 0 aliphatic heterocycles. The molecule has 0 saturated carbocycles. The molecule has 3 aromatic rings. The number of benzene rings is 2. The van der Waals surface area contributed by atoms with Gasteiger partial charge in [-0.3, -0.25) is 9.59 Å². The van der Waals surface area contributed by atoms with Gasteiger partial charge in [-0.05, 0) is 36.8 Å². The molecule has 0 saturated heterocycles. The van der Waals surface area contributed by atoms with Crippen molar-refractivity contribution < 1.29 is 19.4 Å². The number of rotatable bonds is 4. The lowest BCUT2D eigenvalue weighted by Gasteiger charge is -2.11. The van der Waals surface area contributed by atoms with Crippen LogP contribution >= 0.6 is 0 Å². The number of carbonyl (C=O) groups excluding carboxylic acids is 2. The van der Waals surface area contributed by atoms with Gasteiger partial charge in [0, 0.05) is 6.07 Å². The van der Waals surface area contributed by atoms with Crippen molar-refractivity contribution in [2.24, 2.45) is 0 Å². The first-order chi connectivity index (χ1) is 13.4. The molecule has 3 rings (SSSR count). The van der Waals surface area contributed by atoms with Gasteiger partial charge < -0.3 is 15.2 Å². The average Bonchev–Trinajstić information content (AvgIpc) is 2.67. The van der Waals surface area contributed by atoms with E-state index < -0.39 is 23.2 Å². The van der Waals surface area contributed by atoms with Gasteiger partial charge in [-0.1, -0.05) is 24.3 Å². The van der Waals surface area contributed by atoms with Crippen LogP contribution in [0, 0.1) is 6.92 Å². The first kappa shape index (κ1) is 18.8. The molecule has 0 unspecified atom stereocenters. The number of aromatic nitrogens is 2. The number of nitrogens with zero attached hydrogens (tertiary/aromatic N) is 2. The summed E-state index contributed by atoms with van der Waals surface area (Å²) in [6, 6.07) is 14.1. The summed E-state index contributed by atoms with van der Waals surface area (Å²) in [6.45, 7) is 1.85. The van der Waals surface area contributed by atoms with Crippen LogP contribution in [0.3, 0.4) is 0 Å². The number of aryl methyl sites for hydroxylation is 1. The highest BCUT2D eigenvalue weighted by molar-refractivity contribution is 6.08. The zero-order valence-electron chi connectivity index (χ0n) is 15.2. The lowest BCUT2D eigenvalue weighted by molar-refractivity contribution is 0.0602. The molecule has 0 spiro atoms. The predicted molar refractivity (Wildman–Crippen MR) is 102 cm³/mol. The molecule has 1 heterocycles. The summed E-state index contributed by atoms with van der Waals surface area (Å²) in [4.78, 5) is 36.7. The van der Waals surface area contributed by atoms with E-state index in [1.165, 1.54) is 19.2 Å². The summed E-state index contributed by atoms with van der Waals surface area (Å²) in [5.74, 6) is -1.98. The fourth-order valence-corrected chi connectivity index (χ4v) is 2.61. The Morgan fingerprint density at radius 2 is 1.86 bits per heavy atom. The zero-order chi connectivity index (χ0) is 20.3. The Morgan fingerprint density at radius 1 is 1.11 bits per heavy atom. The molecule has 0 aliphatic rings. The molecule has 8 nitrogen and oxygen atoms in total. The molecule has 2 N–H and O–H groups in total. The van der Waals surface area contributed by atoms with Crippen LogP contribution in [0.15, 0.2) is 59.4 Å². The maximum atomic E-state index is 12.7. The van der Waals surface area contributed by atoms with Crippen LogP contribution in [-0.4, -0.2) is 33.9 Å². The quantitative estimate of drug-likeness (QED) is 0.673. The van der Waals surface area contributed by atoms with Crippen molar-refractivity contribution in [3.63, 3.8) is 0 Å². The van der Waals surface area contributed by atoms with Crippen LogP contribution in [0.4, 0.5) is 5.69 Å². The number of carbonyl (C=O) groups is 2. The Kier molecular flexibility index (Phi) is 5.21. The van der Waals surface area contributed by atoms with E-state index in [1.807, 2.05) is 13.0 Å². The van der Waals surface area contributed by atoms with Gasteiger partial charge in [0.05, 0.1) is 24.0 Å². The highest BCUT2D eigenvalue weighted by Gasteiger charge is 2.20. The maximum absolute atomic E-state index is 12.7. The Bertz CT molecular complexity index is 1120. The Balaban J connectivity index is 2.01. The summed E-state index contributed by atoms with van der Waals surface area (Å²) in [5.41, 5.74) is 0.736. The van der Waals surface area contributed by atoms with Crippen molar-refractivity contribution in [2.75, 3.05) is 12.4 Å². The molecule has 1 amide bonds. The molecule has 142 valence electrons. The highest BCUT2D eigenvalue weighted by atomic mass is 16.5. The zero-order valence-corrected chi connectivity index (χ0v) is 15.2. The fourth-order valence-electron chi connectivity index (χ4n) is 2.61. The molecule has 0 fully saturated rings. The number of amides is 1. The largest absolute Gasteiger partial charge is 0.505 e. The summed E-state index contributed by atoms with van der Waals surface area (Å²) >= 11 is 0. The number of methoxy groups -OCH3 is 1. The van der Waals surface area contributed by atoms with Crippen LogP contribution in [0.1, 0.15) is 26.4 Å². The van der Waals surface area contributed by atoms with Gasteiger partial charge in [0.15, 0.2) is 11.4 Å². The van der Waals surface area contributed by atoms with E-state index in [1.54, 1.807) is 30.3 Å². The predicted octanol–water partition coefficient (Wildman–Crippen LogP) is 2.29. The molecule has 0 radical (unpaired) electrons. The summed E-state index contributed by atoms with van der Waals surface area (Å²) in [7, 11) is 1.23. The molecule has 0 bridgehead atoms. The van der Waals surface area contributed by atoms with E-state index in [9.17, 15) is 19.5 Å². The van der Waals surface area contributed by atoms with Gasteiger partial charge >= 0.3 is 5.97 Å². The van der Waals surface area contributed by atoms with Crippen molar-refractivity contribution in [2.45, 2.75) is 6.92 Å². The minimum absolute atomic E-state index is 0.143. The van der Waals surface area contributed by atoms with Crippen LogP contribution in [0.2, 0.25) is 0 Å². The first-order valence-corrected chi connectivity index (χ1v) is 8.30. The maximum Gasteiger partial charge on any atom is 0.339 e. The van der Waals surface area contributed by atoms with Gasteiger partial charge in [0.1, 0.15) is 0 Å². The first-order valence-electron chi connectivity index (χ1n) is 8.30. The van der Waals surface area contributed by atoms with Crippen LogP contribution in [-0.2, 0) is 4.74 Å². The number of ether oxygens (including phenoxy) is 1. The molecule has 2 aromatic carbocycles. The number of nitrogens with one attached hydrogen (secondary N) is 1. The second-order valence-electron chi connectivity index (χ2n) is 5.96. The molecular formula is C20H17N3O5. The van der Waals surface area contributed by atoms with E-state index in [0.29, 0.717) is 5.69 Å². The van der Waals surface area contributed by atoms with E-state index in [4.69, 9.17) is 4.74 Å². The second-order valence-corrected chi connectivity index (χ2v) is 5.96. The summed E-state index contributed by atoms with van der Waals surface area (Å²) < 4.78 is 5.71. The number of para-hydroxylation sites is 1. The van der Waals surface area contributed by atoms with Gasteiger partial charge in [0.2, 0.25) is 0 Å². The lowest BCUT2D eigenvalue weighted by atomic mass is 10.1. The van der Waals surface area contributed by atoms with Crippen LogP contribution < -0.4 is 10.9 Å². The van der Waals surface area contributed by atoms with Crippen molar-refractivity contribution in [1.29, 1.82) is 0 Å². The Morgan fingerprint density at radius 3 is 2.57 bits per heavy atom. The third-order valence-corrected chi connectivity index (χ3v) is 3.95. The Labute approximate surface area is 160 Å². The van der Waals surface area contributed by atoms with Crippen molar-refractivity contribution >= 4 is 17.6 Å². The minimum Gasteiger partial charge on any atom is -0.505 e. The summed E-state index contributed by atoms with van der Waals surface area (Å²) in [6.07, 6.45) is 0. The second kappa shape index (κ2) is 7.75. The molecule has 8 heteroatoms. The average molecular weight is 379 g/mol. The van der Waals surface area contributed by atoms with E-state index in [-0.39, 0.29) is 16.9 Å². The number of aromatic hydroxyl groups is 1. The molecule has 0 aliphatic carbocycles. The number of hydrogen-bond acceptors (Lipinski definition) is 6. The van der Waals surface area contributed by atoms with Crippen LogP contribution in [0.5, 0.6) is 5.75 Å². The molecule has 0 atom stereocenters. The number of anilines is 1. The monoisotopic (exact) mass is 379 g/mol. The topological polar surface area (TPSA) is 111 Å². The number of esters is 1. The van der Waals surface area contributed by atoms with Crippen molar-refractivity contribution in [3.05, 3.63) is 81.8 Å². The third-order valence-electron chi connectivity index (χ3n) is 3.95. The SMILES string of the molecule is COC(=O)c1ccccc1NC(=O)c1nn(-c2cccc(C)c2)c(=O)cc1O. The van der Waals surface area contributed by atoms with Gasteiger partial charge in [-0.2, -0.15) is 9.78 Å². The third kappa shape index (κ3) is 3.75. The van der Waals surface area contributed by atoms with Gasteiger partial charge in [-0.25, -0.2) is 4.79 Å². The van der Waals surface area contributed by atoms with Gasteiger partial charge in [0.25, 0.3) is 11.5 Å². The fraction of sp³-hybridized carbons (Fsp3) is 0.100. The molecule has 28 heavy (non-hydrogen) atoms. The summed E-state index contributed by atoms with van der Waals surface area (Å²) in [5, 5.41) is 16.6. The molecule has 1 aromatic heterocycles. The molecular weight excluding hydrogens is 362 g/mol. The lowest BCUT2D eigenvalue weighted by Crippen LogP contribution is -2.25. The van der Waals surface area contributed by atoms with E-state index in [0.717, 1.165) is 16.3 Å².